The lowest BCUT2D eigenvalue weighted by atomic mass is 9.97. The van der Waals surface area contributed by atoms with Gasteiger partial charge in [0, 0.05) is 25.0 Å². The Bertz CT molecular complexity index is 283. The lowest BCUT2D eigenvalue weighted by Gasteiger charge is -2.35. The quantitative estimate of drug-likeness (QED) is 0.689. The number of carbonyl (C=O) groups excluding carboxylic acids is 1. The summed E-state index contributed by atoms with van der Waals surface area (Å²) in [7, 11) is 0. The summed E-state index contributed by atoms with van der Waals surface area (Å²) < 4.78 is 0. The van der Waals surface area contributed by atoms with Crippen LogP contribution in [0.2, 0.25) is 0 Å². The van der Waals surface area contributed by atoms with E-state index in [1.807, 2.05) is 0 Å². The van der Waals surface area contributed by atoms with E-state index >= 15 is 0 Å². The van der Waals surface area contributed by atoms with E-state index in [2.05, 4.69) is 10.2 Å². The number of hydrogen-bond donors (Lipinski definition) is 2. The van der Waals surface area contributed by atoms with Gasteiger partial charge in [-0.2, -0.15) is 0 Å². The number of nitrogens with two attached hydrogens (primary N) is 1. The van der Waals surface area contributed by atoms with Gasteiger partial charge in [0.1, 0.15) is 0 Å². The molecule has 2 aliphatic heterocycles. The van der Waals surface area contributed by atoms with Crippen LogP contribution in [-0.4, -0.2) is 42.5 Å². The molecule has 0 aromatic rings. The highest BCUT2D eigenvalue weighted by Gasteiger charge is 2.31. The van der Waals surface area contributed by atoms with Gasteiger partial charge >= 0.3 is 0 Å². The van der Waals surface area contributed by atoms with Crippen LogP contribution >= 0.6 is 0 Å². The maximum Gasteiger partial charge on any atom is 0.220 e. The molecule has 4 heteroatoms. The maximum atomic E-state index is 11.9. The third-order valence-corrected chi connectivity index (χ3v) is 4.54. The summed E-state index contributed by atoms with van der Waals surface area (Å²) in [5, 5.41) is 3.23. The molecule has 0 bridgehead atoms. The van der Waals surface area contributed by atoms with E-state index in [9.17, 15) is 4.79 Å². The minimum atomic E-state index is 0.254. The molecular weight excluding hydrogens is 238 g/mol. The predicted octanol–water partition coefficient (Wildman–Crippen LogP) is 1.64. The summed E-state index contributed by atoms with van der Waals surface area (Å²) in [5.74, 6) is 0.254. The molecule has 1 amide bonds. The van der Waals surface area contributed by atoms with Crippen molar-refractivity contribution in [2.45, 2.75) is 69.9 Å². The Morgan fingerprint density at radius 3 is 2.84 bits per heavy atom. The fraction of sp³-hybridized carbons (Fsp3) is 0.933. The van der Waals surface area contributed by atoms with Gasteiger partial charge < -0.3 is 16.0 Å². The van der Waals surface area contributed by atoms with Crippen LogP contribution in [0.1, 0.15) is 57.8 Å². The standard InChI is InChI=1S/C15H29N3O/c16-9-4-2-1-3-7-15(19)17-13-8-11-18-10-5-6-14(18)12-13/h13-14H,1-12,16H2,(H,17,19). The van der Waals surface area contributed by atoms with E-state index in [1.165, 1.54) is 32.4 Å². The molecule has 0 aromatic carbocycles. The number of hydrogen-bond acceptors (Lipinski definition) is 3. The first kappa shape index (κ1) is 14.8. The van der Waals surface area contributed by atoms with Crippen molar-refractivity contribution < 1.29 is 4.79 Å². The molecule has 19 heavy (non-hydrogen) atoms. The maximum absolute atomic E-state index is 11.9. The summed E-state index contributed by atoms with van der Waals surface area (Å²) in [6.07, 6.45) is 10.0. The molecule has 2 heterocycles. The van der Waals surface area contributed by atoms with Crippen molar-refractivity contribution >= 4 is 5.91 Å². The van der Waals surface area contributed by atoms with Gasteiger partial charge in [-0.3, -0.25) is 4.79 Å². The second kappa shape index (κ2) is 7.85. The molecule has 2 saturated heterocycles. The Morgan fingerprint density at radius 2 is 2.00 bits per heavy atom. The molecule has 110 valence electrons. The van der Waals surface area contributed by atoms with Crippen LogP contribution in [0, 0.1) is 0 Å². The Balaban J connectivity index is 1.57. The lowest BCUT2D eigenvalue weighted by molar-refractivity contribution is -0.122. The van der Waals surface area contributed by atoms with Crippen LogP contribution in [-0.2, 0) is 4.79 Å². The summed E-state index contributed by atoms with van der Waals surface area (Å²) in [6, 6.07) is 1.17. The van der Waals surface area contributed by atoms with Gasteiger partial charge in [-0.25, -0.2) is 0 Å². The van der Waals surface area contributed by atoms with Crippen LogP contribution < -0.4 is 11.1 Å². The Kier molecular flexibility index (Phi) is 6.11. The van der Waals surface area contributed by atoms with Crippen LogP contribution in [0.3, 0.4) is 0 Å². The van der Waals surface area contributed by atoms with Gasteiger partial charge in [-0.1, -0.05) is 12.8 Å². The van der Waals surface area contributed by atoms with Crippen molar-refractivity contribution in [2.24, 2.45) is 5.73 Å². The van der Waals surface area contributed by atoms with Crippen LogP contribution in [0.5, 0.6) is 0 Å². The Morgan fingerprint density at radius 1 is 1.16 bits per heavy atom. The van der Waals surface area contributed by atoms with Crippen LogP contribution in [0.15, 0.2) is 0 Å². The third-order valence-electron chi connectivity index (χ3n) is 4.54. The monoisotopic (exact) mass is 267 g/mol. The molecule has 0 spiro atoms. The average Bonchev–Trinajstić information content (AvgIpc) is 2.86. The van der Waals surface area contributed by atoms with Gasteiger partial charge in [-0.15, -0.1) is 0 Å². The first-order chi connectivity index (χ1) is 9.29. The van der Waals surface area contributed by atoms with Gasteiger partial charge in [0.15, 0.2) is 0 Å². The zero-order chi connectivity index (χ0) is 13.5. The molecule has 2 rings (SSSR count). The van der Waals surface area contributed by atoms with Gasteiger partial charge in [0.25, 0.3) is 0 Å². The SMILES string of the molecule is NCCCCCCC(=O)NC1CCN2CCCC2C1. The number of piperidine rings is 1. The highest BCUT2D eigenvalue weighted by atomic mass is 16.1. The topological polar surface area (TPSA) is 58.4 Å². The number of amides is 1. The molecule has 4 nitrogen and oxygen atoms in total. The molecule has 3 N–H and O–H groups in total. The lowest BCUT2D eigenvalue weighted by Crippen LogP contribution is -2.47. The number of unbranched alkanes of at least 4 members (excludes halogenated alkanes) is 3. The predicted molar refractivity (Wildman–Crippen MR) is 77.9 cm³/mol. The van der Waals surface area contributed by atoms with Crippen molar-refractivity contribution in [3.05, 3.63) is 0 Å². The average molecular weight is 267 g/mol. The minimum Gasteiger partial charge on any atom is -0.353 e. The van der Waals surface area contributed by atoms with Crippen molar-refractivity contribution in [3.8, 4) is 0 Å². The van der Waals surface area contributed by atoms with E-state index in [0.29, 0.717) is 12.5 Å². The zero-order valence-corrected chi connectivity index (χ0v) is 12.1. The van der Waals surface area contributed by atoms with E-state index in [1.54, 1.807) is 0 Å². The van der Waals surface area contributed by atoms with Gasteiger partial charge in [0.05, 0.1) is 0 Å². The molecule has 2 atom stereocenters. The van der Waals surface area contributed by atoms with E-state index in [-0.39, 0.29) is 5.91 Å². The van der Waals surface area contributed by atoms with Crippen LogP contribution in [0.25, 0.3) is 0 Å². The Labute approximate surface area is 117 Å². The number of rotatable bonds is 7. The molecular formula is C15H29N3O. The highest BCUT2D eigenvalue weighted by molar-refractivity contribution is 5.76. The van der Waals surface area contributed by atoms with Gasteiger partial charge in [-0.05, 0) is 51.6 Å². The summed E-state index contributed by atoms with van der Waals surface area (Å²) in [6.45, 7) is 3.21. The summed E-state index contributed by atoms with van der Waals surface area (Å²) in [4.78, 5) is 14.5. The van der Waals surface area contributed by atoms with E-state index < -0.39 is 0 Å². The molecule has 0 radical (unpaired) electrons. The van der Waals surface area contributed by atoms with Crippen molar-refractivity contribution in [3.63, 3.8) is 0 Å². The fourth-order valence-electron chi connectivity index (χ4n) is 3.44. The second-order valence-electron chi connectivity index (χ2n) is 6.07. The molecule has 0 aromatic heterocycles. The summed E-state index contributed by atoms with van der Waals surface area (Å²) >= 11 is 0. The number of nitrogens with zero attached hydrogens (tertiary/aromatic N) is 1. The molecule has 2 fully saturated rings. The molecule has 0 aliphatic carbocycles. The fourth-order valence-corrected chi connectivity index (χ4v) is 3.44. The first-order valence-corrected chi connectivity index (χ1v) is 8.03. The third kappa shape index (κ3) is 4.77. The van der Waals surface area contributed by atoms with Crippen LogP contribution in [0.4, 0.5) is 0 Å². The Hall–Kier alpha value is -0.610. The van der Waals surface area contributed by atoms with Crippen molar-refractivity contribution in [2.75, 3.05) is 19.6 Å². The van der Waals surface area contributed by atoms with E-state index in [0.717, 1.165) is 44.7 Å². The molecule has 2 unspecified atom stereocenters. The normalized spacial score (nSPS) is 27.2. The van der Waals surface area contributed by atoms with Crippen molar-refractivity contribution in [1.29, 1.82) is 0 Å². The number of carbonyl (C=O) groups is 1. The van der Waals surface area contributed by atoms with E-state index in [4.69, 9.17) is 5.73 Å². The summed E-state index contributed by atoms with van der Waals surface area (Å²) in [5.41, 5.74) is 5.45. The van der Waals surface area contributed by atoms with Gasteiger partial charge in [0.2, 0.25) is 5.91 Å². The van der Waals surface area contributed by atoms with Crippen molar-refractivity contribution in [1.82, 2.24) is 10.2 Å². The largest absolute Gasteiger partial charge is 0.353 e. The second-order valence-corrected chi connectivity index (χ2v) is 6.07. The highest BCUT2D eigenvalue weighted by Crippen LogP contribution is 2.26. The number of fused-ring (bicyclic) bond motifs is 1. The number of nitrogens with one attached hydrogen (secondary N) is 1. The molecule has 2 aliphatic rings. The molecule has 0 saturated carbocycles. The smallest absolute Gasteiger partial charge is 0.220 e. The zero-order valence-electron chi connectivity index (χ0n) is 12.1. The minimum absolute atomic E-state index is 0.254. The first-order valence-electron chi connectivity index (χ1n) is 8.03.